The molecule has 0 saturated carbocycles. The maximum atomic E-state index is 8.72. The molecule has 3 nitrogen and oxygen atoms in total. The quantitative estimate of drug-likeness (QED) is 0.292. The molecule has 5 aromatic rings. The molecule has 0 bridgehead atoms. The Bertz CT molecular complexity index is 1430. The van der Waals surface area contributed by atoms with E-state index in [2.05, 4.69) is 90.5 Å². The third kappa shape index (κ3) is 4.12. The number of nitrogens with zero attached hydrogens (tertiary/aromatic N) is 2. The Hall–Kier alpha value is -4.29. The monoisotopic (exact) mass is 428 g/mol. The van der Waals surface area contributed by atoms with Crippen molar-refractivity contribution in [1.29, 1.82) is 5.26 Å². The van der Waals surface area contributed by atoms with Crippen molar-refractivity contribution in [2.24, 2.45) is 7.05 Å². The zero-order chi connectivity index (χ0) is 22.6. The molecule has 33 heavy (non-hydrogen) atoms. The average Bonchev–Trinajstić information content (AvgIpc) is 3.15. The van der Waals surface area contributed by atoms with Crippen LogP contribution >= 0.6 is 0 Å². The first kappa shape index (κ1) is 20.6. The van der Waals surface area contributed by atoms with Crippen molar-refractivity contribution >= 4 is 10.9 Å². The normalized spacial score (nSPS) is 10.8. The molecule has 0 amide bonds. The van der Waals surface area contributed by atoms with E-state index in [1.807, 2.05) is 30.3 Å². The topological polar surface area (TPSA) is 38.0 Å². The van der Waals surface area contributed by atoms with Crippen LogP contribution in [0.25, 0.3) is 33.3 Å². The summed E-state index contributed by atoms with van der Waals surface area (Å²) < 4.78 is 7.72. The summed E-state index contributed by atoms with van der Waals surface area (Å²) in [6.07, 6.45) is 0.868. The lowest BCUT2D eigenvalue weighted by Crippen LogP contribution is -1.95. The largest absolute Gasteiger partial charge is 0.479 e. The van der Waals surface area contributed by atoms with Crippen LogP contribution in [-0.4, -0.2) is 11.2 Å². The van der Waals surface area contributed by atoms with Crippen LogP contribution in [0.1, 0.15) is 11.1 Å². The van der Waals surface area contributed by atoms with Crippen LogP contribution in [0.15, 0.2) is 103 Å². The van der Waals surface area contributed by atoms with Gasteiger partial charge >= 0.3 is 0 Å². The van der Waals surface area contributed by atoms with Crippen LogP contribution in [0, 0.1) is 11.3 Å². The number of fused-ring (bicyclic) bond motifs is 1. The lowest BCUT2D eigenvalue weighted by molar-refractivity contribution is 0.368. The molecule has 0 aliphatic rings. The fourth-order valence-electron chi connectivity index (χ4n) is 4.50. The van der Waals surface area contributed by atoms with E-state index in [9.17, 15) is 0 Å². The Morgan fingerprint density at radius 1 is 0.758 bits per heavy atom. The van der Waals surface area contributed by atoms with Crippen LogP contribution in [0.3, 0.4) is 0 Å². The molecule has 160 valence electrons. The molecule has 0 N–H and O–H groups in total. The predicted octanol–water partition coefficient (Wildman–Crippen LogP) is 7.01. The molecule has 0 aliphatic heterocycles. The van der Waals surface area contributed by atoms with Gasteiger partial charge in [0.25, 0.3) is 0 Å². The highest BCUT2D eigenvalue weighted by Gasteiger charge is 2.17. The first-order valence-corrected chi connectivity index (χ1v) is 11.1. The molecule has 0 aliphatic carbocycles. The molecule has 0 radical (unpaired) electrons. The Labute approximate surface area is 194 Å². The predicted molar refractivity (Wildman–Crippen MR) is 134 cm³/mol. The number of hydrogen-bond donors (Lipinski definition) is 0. The maximum absolute atomic E-state index is 8.72. The van der Waals surface area contributed by atoms with Gasteiger partial charge in [0.2, 0.25) is 0 Å². The lowest BCUT2D eigenvalue weighted by atomic mass is 9.96. The van der Waals surface area contributed by atoms with Crippen LogP contribution in [0.2, 0.25) is 0 Å². The summed E-state index contributed by atoms with van der Waals surface area (Å²) in [4.78, 5) is 0. The van der Waals surface area contributed by atoms with Gasteiger partial charge in [0.05, 0.1) is 5.69 Å². The minimum atomic E-state index is 0.0560. The summed E-state index contributed by atoms with van der Waals surface area (Å²) in [5, 5.41) is 9.99. The molecule has 0 spiro atoms. The van der Waals surface area contributed by atoms with Gasteiger partial charge in [-0.3, -0.25) is 0 Å². The van der Waals surface area contributed by atoms with Crippen molar-refractivity contribution in [2.75, 3.05) is 6.61 Å². The van der Waals surface area contributed by atoms with Gasteiger partial charge in [0.1, 0.15) is 11.8 Å². The van der Waals surface area contributed by atoms with Crippen molar-refractivity contribution in [1.82, 2.24) is 4.57 Å². The van der Waals surface area contributed by atoms with Gasteiger partial charge in [-0.1, -0.05) is 78.9 Å². The van der Waals surface area contributed by atoms with Gasteiger partial charge in [-0.2, -0.15) is 5.26 Å². The number of hydrogen-bond acceptors (Lipinski definition) is 2. The summed E-state index contributed by atoms with van der Waals surface area (Å²) in [5.41, 5.74) is 8.62. The SMILES string of the molecule is Cn1c(-c2ccccc2)c(Cc2ccccc2)c2cc(-c3ccc(OCC#N)cc3)ccc21. The smallest absolute Gasteiger partial charge is 0.174 e. The standard InChI is InChI=1S/C30H24N2O/c1-32-29-17-14-25(23-12-15-26(16-13-23)33-19-18-31)21-27(29)28(20-22-8-4-2-5-9-22)30(32)24-10-6-3-7-11-24/h2-17,21H,19-20H2,1H3. The molecule has 0 unspecified atom stereocenters. The first-order chi connectivity index (χ1) is 16.2. The van der Waals surface area contributed by atoms with E-state index in [0.29, 0.717) is 5.75 Å². The van der Waals surface area contributed by atoms with Gasteiger partial charge in [0, 0.05) is 24.4 Å². The minimum absolute atomic E-state index is 0.0560. The number of rotatable bonds is 6. The van der Waals surface area contributed by atoms with E-state index in [1.54, 1.807) is 0 Å². The Morgan fingerprint density at radius 2 is 1.42 bits per heavy atom. The van der Waals surface area contributed by atoms with Crippen molar-refractivity contribution in [3.8, 4) is 34.2 Å². The second-order valence-corrected chi connectivity index (χ2v) is 8.12. The third-order valence-corrected chi connectivity index (χ3v) is 6.07. The summed E-state index contributed by atoms with van der Waals surface area (Å²) in [5.74, 6) is 0.706. The Balaban J connectivity index is 1.64. The van der Waals surface area contributed by atoms with Gasteiger partial charge in [-0.05, 0) is 52.1 Å². The summed E-state index contributed by atoms with van der Waals surface area (Å²) >= 11 is 0. The van der Waals surface area contributed by atoms with Gasteiger partial charge in [-0.15, -0.1) is 0 Å². The molecule has 0 atom stereocenters. The van der Waals surface area contributed by atoms with Crippen molar-refractivity contribution in [3.05, 3.63) is 114 Å². The van der Waals surface area contributed by atoms with Gasteiger partial charge < -0.3 is 9.30 Å². The van der Waals surface area contributed by atoms with E-state index < -0.39 is 0 Å². The summed E-state index contributed by atoms with van der Waals surface area (Å²) in [6, 6.07) is 37.9. The average molecular weight is 429 g/mol. The zero-order valence-electron chi connectivity index (χ0n) is 18.5. The van der Waals surface area contributed by atoms with Crippen molar-refractivity contribution < 1.29 is 4.74 Å². The lowest BCUT2D eigenvalue weighted by Gasteiger charge is -2.09. The second-order valence-electron chi connectivity index (χ2n) is 8.12. The fourth-order valence-corrected chi connectivity index (χ4v) is 4.50. The van der Waals surface area contributed by atoms with Crippen LogP contribution in [0.5, 0.6) is 5.75 Å². The van der Waals surface area contributed by atoms with Gasteiger partial charge in [-0.25, -0.2) is 0 Å². The molecular weight excluding hydrogens is 404 g/mol. The van der Waals surface area contributed by atoms with E-state index in [1.165, 1.54) is 33.3 Å². The highest BCUT2D eigenvalue weighted by Crippen LogP contribution is 2.37. The third-order valence-electron chi connectivity index (χ3n) is 6.07. The molecule has 0 saturated heterocycles. The molecular formula is C30H24N2O. The maximum Gasteiger partial charge on any atom is 0.174 e. The number of benzene rings is 4. The van der Waals surface area contributed by atoms with Gasteiger partial charge in [0.15, 0.2) is 6.61 Å². The zero-order valence-corrected chi connectivity index (χ0v) is 18.5. The van der Waals surface area contributed by atoms with Crippen LogP contribution in [0.4, 0.5) is 0 Å². The van der Waals surface area contributed by atoms with Crippen LogP contribution < -0.4 is 4.74 Å². The van der Waals surface area contributed by atoms with E-state index in [-0.39, 0.29) is 6.61 Å². The van der Waals surface area contributed by atoms with E-state index in [4.69, 9.17) is 10.00 Å². The Kier molecular flexibility index (Phi) is 5.66. The van der Waals surface area contributed by atoms with E-state index in [0.717, 1.165) is 17.5 Å². The number of aromatic nitrogens is 1. The second kappa shape index (κ2) is 9.06. The van der Waals surface area contributed by atoms with Crippen molar-refractivity contribution in [2.45, 2.75) is 6.42 Å². The fraction of sp³-hybridized carbons (Fsp3) is 0.100. The van der Waals surface area contributed by atoms with Crippen molar-refractivity contribution in [3.63, 3.8) is 0 Å². The molecule has 3 heteroatoms. The number of nitriles is 1. The van der Waals surface area contributed by atoms with Crippen LogP contribution in [-0.2, 0) is 13.5 Å². The molecule has 1 aromatic heterocycles. The summed E-state index contributed by atoms with van der Waals surface area (Å²) in [6.45, 7) is 0.0560. The number of ether oxygens (including phenoxy) is 1. The highest BCUT2D eigenvalue weighted by molar-refractivity contribution is 5.95. The van der Waals surface area contributed by atoms with E-state index >= 15 is 0 Å². The number of aryl methyl sites for hydroxylation is 1. The Morgan fingerprint density at radius 3 is 2.12 bits per heavy atom. The molecule has 4 aromatic carbocycles. The minimum Gasteiger partial charge on any atom is -0.479 e. The molecule has 1 heterocycles. The summed E-state index contributed by atoms with van der Waals surface area (Å²) in [7, 11) is 2.15. The molecule has 0 fully saturated rings. The highest BCUT2D eigenvalue weighted by atomic mass is 16.5. The molecule has 5 rings (SSSR count). The first-order valence-electron chi connectivity index (χ1n) is 11.1.